The standard InChI is InChI=1S/C24H30O2/c1-3-23(15-25-16-23)13-20-11-8-12-21(19-9-6-5-7-10-19)22(20)14-24(4-2)17-26-18-24/h5-12H,3-4,13-18H2,1-2H3. The predicted octanol–water partition coefficient (Wildman–Crippen LogP) is 5.29. The predicted molar refractivity (Wildman–Crippen MR) is 106 cm³/mol. The monoisotopic (exact) mass is 350 g/mol. The molecule has 0 N–H and O–H groups in total. The molecule has 0 atom stereocenters. The number of ether oxygens (including phenoxy) is 2. The number of hydrogen-bond donors (Lipinski definition) is 0. The van der Waals surface area contributed by atoms with Crippen LogP contribution in [-0.4, -0.2) is 26.4 Å². The van der Waals surface area contributed by atoms with Crippen LogP contribution in [0.15, 0.2) is 48.5 Å². The highest BCUT2D eigenvalue weighted by Crippen LogP contribution is 2.42. The summed E-state index contributed by atoms with van der Waals surface area (Å²) in [7, 11) is 0. The minimum absolute atomic E-state index is 0.315. The third-order valence-corrected chi connectivity index (χ3v) is 6.61. The second-order valence-corrected chi connectivity index (χ2v) is 8.36. The first-order chi connectivity index (χ1) is 12.7. The highest BCUT2D eigenvalue weighted by molar-refractivity contribution is 5.69. The molecular weight excluding hydrogens is 320 g/mol. The van der Waals surface area contributed by atoms with Gasteiger partial charge in [0.1, 0.15) is 0 Å². The zero-order chi connectivity index (χ0) is 18.0. The Hall–Kier alpha value is -1.64. The Balaban J connectivity index is 1.75. The second-order valence-electron chi connectivity index (χ2n) is 8.36. The first-order valence-corrected chi connectivity index (χ1v) is 10.0. The molecule has 0 amide bonds. The van der Waals surface area contributed by atoms with E-state index in [0.717, 1.165) is 39.3 Å². The van der Waals surface area contributed by atoms with E-state index < -0.39 is 0 Å². The lowest BCUT2D eigenvalue weighted by atomic mass is 9.71. The molecule has 2 aliphatic heterocycles. The molecule has 26 heavy (non-hydrogen) atoms. The summed E-state index contributed by atoms with van der Waals surface area (Å²) >= 11 is 0. The largest absolute Gasteiger partial charge is 0.380 e. The van der Waals surface area contributed by atoms with E-state index in [1.807, 2.05) is 0 Å². The van der Waals surface area contributed by atoms with Crippen LogP contribution in [0.5, 0.6) is 0 Å². The van der Waals surface area contributed by atoms with Crippen LogP contribution in [0, 0.1) is 10.8 Å². The molecule has 0 bridgehead atoms. The van der Waals surface area contributed by atoms with Gasteiger partial charge in [-0.2, -0.15) is 0 Å². The van der Waals surface area contributed by atoms with Gasteiger partial charge in [0.05, 0.1) is 26.4 Å². The van der Waals surface area contributed by atoms with E-state index in [1.54, 1.807) is 0 Å². The molecule has 0 unspecified atom stereocenters. The molecule has 0 aromatic heterocycles. The Kier molecular flexibility index (Phi) is 4.90. The lowest BCUT2D eigenvalue weighted by molar-refractivity contribution is -0.117. The van der Waals surface area contributed by atoms with Gasteiger partial charge in [-0.3, -0.25) is 0 Å². The van der Waals surface area contributed by atoms with Gasteiger partial charge >= 0.3 is 0 Å². The fourth-order valence-corrected chi connectivity index (χ4v) is 4.32. The average molecular weight is 351 g/mol. The van der Waals surface area contributed by atoms with Crippen LogP contribution in [0.2, 0.25) is 0 Å². The van der Waals surface area contributed by atoms with Gasteiger partial charge in [-0.1, -0.05) is 62.4 Å². The summed E-state index contributed by atoms with van der Waals surface area (Å²) in [5.74, 6) is 0. The molecule has 0 aliphatic carbocycles. The molecule has 2 heterocycles. The van der Waals surface area contributed by atoms with Gasteiger partial charge in [0, 0.05) is 10.8 Å². The molecule has 2 aromatic carbocycles. The molecule has 2 heteroatoms. The summed E-state index contributed by atoms with van der Waals surface area (Å²) in [5.41, 5.74) is 6.41. The molecule has 0 spiro atoms. The van der Waals surface area contributed by atoms with Gasteiger partial charge in [0.15, 0.2) is 0 Å². The summed E-state index contributed by atoms with van der Waals surface area (Å²) < 4.78 is 11.2. The third kappa shape index (κ3) is 3.21. The van der Waals surface area contributed by atoms with Gasteiger partial charge < -0.3 is 9.47 Å². The van der Waals surface area contributed by atoms with Crippen LogP contribution in [0.4, 0.5) is 0 Å². The van der Waals surface area contributed by atoms with E-state index in [2.05, 4.69) is 62.4 Å². The lowest BCUT2D eigenvalue weighted by Gasteiger charge is -2.44. The van der Waals surface area contributed by atoms with Crippen LogP contribution in [-0.2, 0) is 22.3 Å². The number of hydrogen-bond acceptors (Lipinski definition) is 2. The molecule has 0 radical (unpaired) electrons. The molecule has 4 rings (SSSR count). The van der Waals surface area contributed by atoms with Crippen LogP contribution in [0.1, 0.15) is 37.8 Å². The Labute approximate surface area is 157 Å². The van der Waals surface area contributed by atoms with Gasteiger partial charge in [0.2, 0.25) is 0 Å². The van der Waals surface area contributed by atoms with Crippen molar-refractivity contribution in [3.05, 3.63) is 59.7 Å². The van der Waals surface area contributed by atoms with E-state index in [4.69, 9.17) is 9.47 Å². The first kappa shape index (κ1) is 17.8. The van der Waals surface area contributed by atoms with Gasteiger partial charge in [-0.15, -0.1) is 0 Å². The van der Waals surface area contributed by atoms with Crippen molar-refractivity contribution in [1.29, 1.82) is 0 Å². The van der Waals surface area contributed by atoms with Gasteiger partial charge in [-0.25, -0.2) is 0 Å². The maximum Gasteiger partial charge on any atom is 0.0547 e. The smallest absolute Gasteiger partial charge is 0.0547 e. The molecule has 2 nitrogen and oxygen atoms in total. The fraction of sp³-hybridized carbons (Fsp3) is 0.500. The minimum atomic E-state index is 0.315. The third-order valence-electron chi connectivity index (χ3n) is 6.61. The van der Waals surface area contributed by atoms with Crippen LogP contribution < -0.4 is 0 Å². The number of rotatable bonds is 7. The zero-order valence-electron chi connectivity index (χ0n) is 16.1. The van der Waals surface area contributed by atoms with Crippen LogP contribution in [0.3, 0.4) is 0 Å². The second kappa shape index (κ2) is 7.17. The van der Waals surface area contributed by atoms with E-state index in [-0.39, 0.29) is 0 Å². The summed E-state index contributed by atoms with van der Waals surface area (Å²) in [6.07, 6.45) is 4.60. The van der Waals surface area contributed by atoms with Crippen molar-refractivity contribution < 1.29 is 9.47 Å². The molecule has 2 aromatic rings. The van der Waals surface area contributed by atoms with Crippen molar-refractivity contribution in [2.45, 2.75) is 39.5 Å². The molecule has 0 saturated carbocycles. The van der Waals surface area contributed by atoms with Crippen molar-refractivity contribution in [3.8, 4) is 11.1 Å². The van der Waals surface area contributed by atoms with E-state index in [9.17, 15) is 0 Å². The maximum absolute atomic E-state index is 5.62. The summed E-state index contributed by atoms with van der Waals surface area (Å²) in [4.78, 5) is 0. The van der Waals surface area contributed by atoms with E-state index in [0.29, 0.717) is 10.8 Å². The lowest BCUT2D eigenvalue weighted by Crippen LogP contribution is -2.45. The maximum atomic E-state index is 5.62. The zero-order valence-corrected chi connectivity index (χ0v) is 16.1. The number of benzene rings is 2. The Bertz CT molecular complexity index is 731. The molecule has 2 aliphatic rings. The van der Waals surface area contributed by atoms with Crippen molar-refractivity contribution in [1.82, 2.24) is 0 Å². The summed E-state index contributed by atoms with van der Waals surface area (Å²) in [6.45, 7) is 8.21. The Morgan fingerprint density at radius 2 is 1.35 bits per heavy atom. The van der Waals surface area contributed by atoms with Gasteiger partial charge in [-0.05, 0) is 47.9 Å². The minimum Gasteiger partial charge on any atom is -0.380 e. The normalized spacial score (nSPS) is 20.2. The molecular formula is C24H30O2. The summed E-state index contributed by atoms with van der Waals surface area (Å²) in [5, 5.41) is 0. The molecule has 138 valence electrons. The fourth-order valence-electron chi connectivity index (χ4n) is 4.32. The van der Waals surface area contributed by atoms with Crippen molar-refractivity contribution in [2.75, 3.05) is 26.4 Å². The van der Waals surface area contributed by atoms with E-state index >= 15 is 0 Å². The highest BCUT2D eigenvalue weighted by Gasteiger charge is 2.40. The van der Waals surface area contributed by atoms with Crippen LogP contribution in [0.25, 0.3) is 11.1 Å². The van der Waals surface area contributed by atoms with Gasteiger partial charge in [0.25, 0.3) is 0 Å². The van der Waals surface area contributed by atoms with E-state index in [1.165, 1.54) is 35.1 Å². The Morgan fingerprint density at radius 3 is 1.88 bits per heavy atom. The molecule has 2 saturated heterocycles. The van der Waals surface area contributed by atoms with Crippen LogP contribution >= 0.6 is 0 Å². The highest BCUT2D eigenvalue weighted by atomic mass is 16.5. The quantitative estimate of drug-likeness (QED) is 0.675. The topological polar surface area (TPSA) is 18.5 Å². The SMILES string of the molecule is CCC1(Cc2cccc(-c3ccccc3)c2CC2(CC)COC2)COC1. The van der Waals surface area contributed by atoms with Crippen molar-refractivity contribution in [2.24, 2.45) is 10.8 Å². The average Bonchev–Trinajstić information content (AvgIpc) is 2.62. The first-order valence-electron chi connectivity index (χ1n) is 10.0. The van der Waals surface area contributed by atoms with Crippen molar-refractivity contribution in [3.63, 3.8) is 0 Å². The Morgan fingerprint density at radius 1 is 0.731 bits per heavy atom. The van der Waals surface area contributed by atoms with Crippen molar-refractivity contribution >= 4 is 0 Å². The summed E-state index contributed by atoms with van der Waals surface area (Å²) in [6, 6.07) is 17.7. The molecule has 2 fully saturated rings.